The fraction of sp³-hybridized carbons (Fsp3) is 0.500. The number of rotatable bonds is 3. The predicted octanol–water partition coefficient (Wildman–Crippen LogP) is 2.09. The zero-order valence-electron chi connectivity index (χ0n) is 12.5. The smallest absolute Gasteiger partial charge is 0.242 e. The van der Waals surface area contributed by atoms with Crippen molar-refractivity contribution in [2.24, 2.45) is 0 Å². The molecule has 3 rings (SSSR count). The van der Waals surface area contributed by atoms with Crippen molar-refractivity contribution in [1.82, 2.24) is 10.6 Å². The minimum absolute atomic E-state index is 0.0530. The Kier molecular flexibility index (Phi) is 4.82. The van der Waals surface area contributed by atoms with Crippen molar-refractivity contribution in [2.75, 3.05) is 6.61 Å². The van der Waals surface area contributed by atoms with Crippen LogP contribution in [0.2, 0.25) is 5.02 Å². The molecular weight excluding hydrogens is 323 g/mol. The van der Waals surface area contributed by atoms with Crippen LogP contribution in [-0.4, -0.2) is 30.5 Å². The zero-order chi connectivity index (χ0) is 16.4. The lowest BCUT2D eigenvalue weighted by Crippen LogP contribution is -2.51. The molecule has 1 aromatic carbocycles. The highest BCUT2D eigenvalue weighted by Gasteiger charge is 2.34. The molecule has 2 saturated heterocycles. The third-order valence-electron chi connectivity index (χ3n) is 4.24. The summed E-state index contributed by atoms with van der Waals surface area (Å²) >= 11 is 5.70. The molecule has 3 atom stereocenters. The summed E-state index contributed by atoms with van der Waals surface area (Å²) in [6.45, 7) is 0.483. The number of piperidine rings is 1. The topological polar surface area (TPSA) is 67.4 Å². The lowest BCUT2D eigenvalue weighted by Gasteiger charge is -2.26. The molecule has 1 aromatic rings. The van der Waals surface area contributed by atoms with Gasteiger partial charge in [0.1, 0.15) is 18.0 Å². The second kappa shape index (κ2) is 6.84. The van der Waals surface area contributed by atoms with Crippen molar-refractivity contribution in [1.29, 1.82) is 0 Å². The quantitative estimate of drug-likeness (QED) is 0.885. The van der Waals surface area contributed by atoms with Gasteiger partial charge in [-0.15, -0.1) is 0 Å². The Bertz CT molecular complexity index is 625. The third-order valence-corrected chi connectivity index (χ3v) is 4.55. The third kappa shape index (κ3) is 3.64. The first-order valence-electron chi connectivity index (χ1n) is 7.71. The molecule has 2 amide bonds. The number of hydrogen-bond donors (Lipinski definition) is 2. The van der Waals surface area contributed by atoms with Gasteiger partial charge in [-0.05, 0) is 37.0 Å². The highest BCUT2D eigenvalue weighted by Crippen LogP contribution is 2.31. The molecular formula is C16H18ClFN2O3. The number of carbonyl (C=O) groups excluding carboxylic acids is 2. The van der Waals surface area contributed by atoms with Crippen LogP contribution < -0.4 is 10.6 Å². The maximum atomic E-state index is 13.6. The van der Waals surface area contributed by atoms with Gasteiger partial charge in [0, 0.05) is 13.0 Å². The average molecular weight is 341 g/mol. The number of amides is 2. The van der Waals surface area contributed by atoms with Gasteiger partial charge in [-0.3, -0.25) is 9.59 Å². The molecule has 0 unspecified atom stereocenters. The molecule has 0 saturated carbocycles. The van der Waals surface area contributed by atoms with Gasteiger partial charge < -0.3 is 15.4 Å². The Labute approximate surface area is 138 Å². The van der Waals surface area contributed by atoms with E-state index in [0.29, 0.717) is 37.9 Å². The van der Waals surface area contributed by atoms with Gasteiger partial charge >= 0.3 is 0 Å². The van der Waals surface area contributed by atoms with Crippen molar-refractivity contribution >= 4 is 23.4 Å². The van der Waals surface area contributed by atoms with Crippen LogP contribution in [0, 0.1) is 5.82 Å². The Morgan fingerprint density at radius 2 is 2.22 bits per heavy atom. The van der Waals surface area contributed by atoms with E-state index in [4.69, 9.17) is 16.3 Å². The molecule has 23 heavy (non-hydrogen) atoms. The van der Waals surface area contributed by atoms with Gasteiger partial charge in [-0.25, -0.2) is 4.39 Å². The summed E-state index contributed by atoms with van der Waals surface area (Å²) in [4.78, 5) is 23.7. The van der Waals surface area contributed by atoms with Gasteiger partial charge in [0.05, 0.1) is 11.1 Å². The van der Waals surface area contributed by atoms with E-state index in [1.807, 2.05) is 0 Å². The van der Waals surface area contributed by atoms with Crippen LogP contribution in [0.25, 0.3) is 0 Å². The SMILES string of the molecule is O=C1CCC[C@H](C(=O)N[C@@H]2CCO[C@H]2c2ccc(Cl)c(F)c2)N1. The van der Waals surface area contributed by atoms with Crippen molar-refractivity contribution < 1.29 is 18.7 Å². The Hall–Kier alpha value is -1.66. The largest absolute Gasteiger partial charge is 0.371 e. The fourth-order valence-corrected chi connectivity index (χ4v) is 3.16. The number of benzene rings is 1. The molecule has 2 aliphatic rings. The molecule has 7 heteroatoms. The number of ether oxygens (including phenoxy) is 1. The normalized spacial score (nSPS) is 27.6. The molecule has 2 fully saturated rings. The Balaban J connectivity index is 1.67. The summed E-state index contributed by atoms with van der Waals surface area (Å²) in [5, 5.41) is 5.66. The van der Waals surface area contributed by atoms with Gasteiger partial charge in [-0.1, -0.05) is 17.7 Å². The lowest BCUT2D eigenvalue weighted by molar-refractivity contribution is -0.131. The zero-order valence-corrected chi connectivity index (χ0v) is 13.2. The molecule has 2 heterocycles. The summed E-state index contributed by atoms with van der Waals surface area (Å²) in [7, 11) is 0. The average Bonchev–Trinajstić information content (AvgIpc) is 2.98. The molecule has 124 valence electrons. The molecule has 2 N–H and O–H groups in total. The van der Waals surface area contributed by atoms with Crippen molar-refractivity contribution in [3.8, 4) is 0 Å². The van der Waals surface area contributed by atoms with Crippen LogP contribution in [0.3, 0.4) is 0 Å². The molecule has 5 nitrogen and oxygen atoms in total. The van der Waals surface area contributed by atoms with Gasteiger partial charge in [0.2, 0.25) is 11.8 Å². The maximum Gasteiger partial charge on any atom is 0.242 e. The van der Waals surface area contributed by atoms with E-state index in [1.54, 1.807) is 6.07 Å². The van der Waals surface area contributed by atoms with Crippen LogP contribution >= 0.6 is 11.6 Å². The van der Waals surface area contributed by atoms with E-state index in [2.05, 4.69) is 10.6 Å². The first-order valence-corrected chi connectivity index (χ1v) is 8.08. The van der Waals surface area contributed by atoms with E-state index < -0.39 is 18.0 Å². The first kappa shape index (κ1) is 16.2. The summed E-state index contributed by atoms with van der Waals surface area (Å²) < 4.78 is 19.3. The summed E-state index contributed by atoms with van der Waals surface area (Å²) in [5.74, 6) is -0.826. The summed E-state index contributed by atoms with van der Waals surface area (Å²) in [5.41, 5.74) is 0.641. The molecule has 0 bridgehead atoms. The van der Waals surface area contributed by atoms with E-state index >= 15 is 0 Å². The number of nitrogens with one attached hydrogen (secondary N) is 2. The highest BCUT2D eigenvalue weighted by molar-refractivity contribution is 6.30. The Morgan fingerprint density at radius 3 is 2.96 bits per heavy atom. The predicted molar refractivity (Wildman–Crippen MR) is 82.4 cm³/mol. The molecule has 0 radical (unpaired) electrons. The maximum absolute atomic E-state index is 13.6. The molecule has 0 aromatic heterocycles. The minimum atomic E-state index is -0.510. The minimum Gasteiger partial charge on any atom is -0.371 e. The van der Waals surface area contributed by atoms with Crippen LogP contribution in [0.15, 0.2) is 18.2 Å². The lowest BCUT2D eigenvalue weighted by atomic mass is 10.00. The van der Waals surface area contributed by atoms with Gasteiger partial charge in [0.15, 0.2) is 0 Å². The highest BCUT2D eigenvalue weighted by atomic mass is 35.5. The number of hydrogen-bond acceptors (Lipinski definition) is 3. The van der Waals surface area contributed by atoms with E-state index in [9.17, 15) is 14.0 Å². The van der Waals surface area contributed by atoms with Gasteiger partial charge in [0.25, 0.3) is 0 Å². The van der Waals surface area contributed by atoms with Gasteiger partial charge in [-0.2, -0.15) is 0 Å². The van der Waals surface area contributed by atoms with Crippen LogP contribution in [0.1, 0.15) is 37.4 Å². The van der Waals surface area contributed by atoms with E-state index in [0.717, 1.165) is 0 Å². The summed E-state index contributed by atoms with van der Waals surface area (Å²) in [6, 6.07) is 3.76. The van der Waals surface area contributed by atoms with E-state index in [1.165, 1.54) is 12.1 Å². The monoisotopic (exact) mass is 340 g/mol. The molecule has 0 aliphatic carbocycles. The van der Waals surface area contributed by atoms with Crippen LogP contribution in [0.4, 0.5) is 4.39 Å². The first-order chi connectivity index (χ1) is 11.0. The van der Waals surface area contributed by atoms with Crippen molar-refractivity contribution in [3.63, 3.8) is 0 Å². The number of halogens is 2. The van der Waals surface area contributed by atoms with Crippen molar-refractivity contribution in [3.05, 3.63) is 34.6 Å². The standard InChI is InChI=1S/C16H18ClFN2O3/c17-10-5-4-9(8-11(10)18)15-12(6-7-23-15)20-16(22)13-2-1-3-14(21)19-13/h4-5,8,12-13,15H,1-3,6-7H2,(H,19,21)(H,20,22)/t12-,13-,15+/m1/s1. The van der Waals surface area contributed by atoms with Crippen LogP contribution in [0.5, 0.6) is 0 Å². The second-order valence-electron chi connectivity index (χ2n) is 5.88. The number of carbonyl (C=O) groups is 2. The second-order valence-corrected chi connectivity index (χ2v) is 6.29. The fourth-order valence-electron chi connectivity index (χ4n) is 3.04. The van der Waals surface area contributed by atoms with Crippen LogP contribution in [-0.2, 0) is 14.3 Å². The molecule has 0 spiro atoms. The summed E-state index contributed by atoms with van der Waals surface area (Å²) in [6.07, 6.45) is 2.03. The van der Waals surface area contributed by atoms with E-state index in [-0.39, 0.29) is 22.9 Å². The van der Waals surface area contributed by atoms with Crippen molar-refractivity contribution in [2.45, 2.75) is 43.9 Å². The Morgan fingerprint density at radius 1 is 1.39 bits per heavy atom. The molecule has 2 aliphatic heterocycles.